The monoisotopic (exact) mass is 492 g/mol. The number of thiazole rings is 1. The van der Waals surface area contributed by atoms with Gasteiger partial charge in [-0.15, -0.1) is 35.3 Å². The van der Waals surface area contributed by atoms with Gasteiger partial charge in [0.25, 0.3) is 0 Å². The van der Waals surface area contributed by atoms with Crippen LogP contribution in [0.25, 0.3) is 0 Å². The Labute approximate surface area is 178 Å². The molecular weight excluding hydrogens is 459 g/mol. The minimum absolute atomic E-state index is 0. The number of guanidine groups is 1. The summed E-state index contributed by atoms with van der Waals surface area (Å²) in [5.74, 6) is 1.50. The van der Waals surface area contributed by atoms with Crippen LogP contribution in [0.3, 0.4) is 0 Å². The number of aliphatic imine (C=N–C) groups is 1. The molecule has 0 spiro atoms. The molecule has 5 nitrogen and oxygen atoms in total. The van der Waals surface area contributed by atoms with E-state index in [1.54, 1.807) is 11.3 Å². The van der Waals surface area contributed by atoms with Crippen molar-refractivity contribution in [1.29, 1.82) is 0 Å². The van der Waals surface area contributed by atoms with Gasteiger partial charge in [-0.1, -0.05) is 34.6 Å². The molecule has 7 heteroatoms. The average molecular weight is 492 g/mol. The smallest absolute Gasteiger partial charge is 0.191 e. The summed E-state index contributed by atoms with van der Waals surface area (Å²) >= 11 is 1.75. The average Bonchev–Trinajstić information content (AvgIpc) is 3.18. The maximum Gasteiger partial charge on any atom is 0.191 e. The van der Waals surface area contributed by atoms with Crippen molar-refractivity contribution in [3.8, 4) is 0 Å². The maximum absolute atomic E-state index is 5.87. The highest BCUT2D eigenvalue weighted by atomic mass is 127. The first kappa shape index (κ1) is 21.9. The number of nitrogens with zero attached hydrogens (tertiary/aromatic N) is 2. The number of rotatable bonds is 4. The molecule has 1 aliphatic heterocycles. The molecule has 26 heavy (non-hydrogen) atoms. The van der Waals surface area contributed by atoms with Gasteiger partial charge < -0.3 is 15.4 Å². The van der Waals surface area contributed by atoms with Crippen molar-refractivity contribution in [2.24, 2.45) is 16.3 Å². The van der Waals surface area contributed by atoms with Gasteiger partial charge in [0.05, 0.1) is 16.8 Å². The van der Waals surface area contributed by atoms with Crippen LogP contribution >= 0.6 is 35.3 Å². The summed E-state index contributed by atoms with van der Waals surface area (Å²) < 4.78 is 5.87. The maximum atomic E-state index is 5.87. The quantitative estimate of drug-likeness (QED) is 0.383. The molecule has 2 aliphatic rings. The largest absolute Gasteiger partial charge is 0.377 e. The Morgan fingerprint density at radius 1 is 1.42 bits per heavy atom. The highest BCUT2D eigenvalue weighted by Gasteiger charge is 2.59. The van der Waals surface area contributed by atoms with Crippen LogP contribution in [0.1, 0.15) is 51.7 Å². The third kappa shape index (κ3) is 4.35. The van der Waals surface area contributed by atoms with Gasteiger partial charge in [-0.2, -0.15) is 0 Å². The van der Waals surface area contributed by atoms with E-state index >= 15 is 0 Å². The summed E-state index contributed by atoms with van der Waals surface area (Å²) in [6.45, 7) is 12.9. The molecule has 1 aromatic heterocycles. The van der Waals surface area contributed by atoms with Crippen LogP contribution in [-0.4, -0.2) is 43.3 Å². The normalized spacial score (nSPS) is 27.3. The van der Waals surface area contributed by atoms with E-state index in [2.05, 4.69) is 55.6 Å². The van der Waals surface area contributed by atoms with Crippen LogP contribution in [0, 0.1) is 11.3 Å². The van der Waals surface area contributed by atoms with Crippen molar-refractivity contribution >= 4 is 41.3 Å². The Bertz CT molecular complexity index is 638. The van der Waals surface area contributed by atoms with Gasteiger partial charge in [0.15, 0.2) is 5.96 Å². The fourth-order valence-corrected chi connectivity index (χ4v) is 5.04. The molecular formula is C19H33IN4OS. The van der Waals surface area contributed by atoms with Crippen LogP contribution in [0.4, 0.5) is 0 Å². The van der Waals surface area contributed by atoms with Crippen LogP contribution in [0.5, 0.6) is 0 Å². The third-order valence-electron chi connectivity index (χ3n) is 5.57. The van der Waals surface area contributed by atoms with Gasteiger partial charge in [-0.3, -0.25) is 4.99 Å². The zero-order chi connectivity index (χ0) is 18.2. The van der Waals surface area contributed by atoms with E-state index < -0.39 is 0 Å². The number of hydrogen-bond acceptors (Lipinski definition) is 4. The van der Waals surface area contributed by atoms with Crippen LogP contribution in [0.2, 0.25) is 0 Å². The molecule has 1 aliphatic carbocycles. The lowest BCUT2D eigenvalue weighted by atomic mass is 9.57. The lowest BCUT2D eigenvalue weighted by Gasteiger charge is -2.54. The zero-order valence-corrected chi connectivity index (χ0v) is 19.9. The van der Waals surface area contributed by atoms with E-state index in [4.69, 9.17) is 9.72 Å². The van der Waals surface area contributed by atoms with Crippen LogP contribution < -0.4 is 10.6 Å². The van der Waals surface area contributed by atoms with Gasteiger partial charge >= 0.3 is 0 Å². The van der Waals surface area contributed by atoms with Gasteiger partial charge in [-0.05, 0) is 6.42 Å². The van der Waals surface area contributed by atoms with Crippen molar-refractivity contribution in [2.75, 3.05) is 20.2 Å². The van der Waals surface area contributed by atoms with E-state index in [0.717, 1.165) is 32.0 Å². The Kier molecular flexibility index (Phi) is 6.99. The minimum atomic E-state index is 0. The fraction of sp³-hybridized carbons (Fsp3) is 0.789. The third-order valence-corrected chi connectivity index (χ3v) is 6.48. The summed E-state index contributed by atoms with van der Waals surface area (Å²) in [5.41, 5.74) is 1.46. The molecule has 0 aromatic carbocycles. The number of hydrogen-bond donors (Lipinski definition) is 2. The van der Waals surface area contributed by atoms with Crippen LogP contribution in [-0.2, 0) is 16.6 Å². The Morgan fingerprint density at radius 2 is 2.15 bits per heavy atom. The predicted octanol–water partition coefficient (Wildman–Crippen LogP) is 3.58. The SMILES string of the molecule is CN=C(NCCc1nc(C(C)(C)C)cs1)NC1C2CCOC2C1(C)C.I. The van der Waals surface area contributed by atoms with Gasteiger partial charge in [0, 0.05) is 54.8 Å². The number of fused-ring (bicyclic) bond motifs is 1. The Hall–Kier alpha value is -0.410. The zero-order valence-electron chi connectivity index (χ0n) is 16.8. The summed E-state index contributed by atoms with van der Waals surface area (Å²) in [5, 5.41) is 10.4. The first-order chi connectivity index (χ1) is 11.7. The van der Waals surface area contributed by atoms with Gasteiger partial charge in [0.2, 0.25) is 0 Å². The first-order valence-electron chi connectivity index (χ1n) is 9.27. The number of nitrogens with one attached hydrogen (secondary N) is 2. The first-order valence-corrected chi connectivity index (χ1v) is 10.1. The molecule has 0 amide bonds. The van der Waals surface area contributed by atoms with Crippen LogP contribution in [0.15, 0.2) is 10.4 Å². The molecule has 2 N–H and O–H groups in total. The summed E-state index contributed by atoms with van der Waals surface area (Å²) in [6.07, 6.45) is 2.47. The second kappa shape index (κ2) is 8.31. The molecule has 0 radical (unpaired) electrons. The summed E-state index contributed by atoms with van der Waals surface area (Å²) in [4.78, 5) is 9.16. The molecule has 3 rings (SSSR count). The lowest BCUT2D eigenvalue weighted by molar-refractivity contribution is -0.106. The van der Waals surface area contributed by atoms with Crippen molar-refractivity contribution in [1.82, 2.24) is 15.6 Å². The number of ether oxygens (including phenoxy) is 1. The lowest BCUT2D eigenvalue weighted by Crippen LogP contribution is -2.68. The molecule has 0 bridgehead atoms. The van der Waals surface area contributed by atoms with Crippen molar-refractivity contribution in [3.05, 3.63) is 16.1 Å². The Balaban J connectivity index is 0.00000243. The second-order valence-electron chi connectivity index (χ2n) is 8.81. The number of halogens is 1. The summed E-state index contributed by atoms with van der Waals surface area (Å²) in [7, 11) is 1.84. The molecule has 1 saturated carbocycles. The molecule has 3 unspecified atom stereocenters. The molecule has 1 aromatic rings. The highest BCUT2D eigenvalue weighted by Crippen LogP contribution is 2.52. The van der Waals surface area contributed by atoms with E-state index in [9.17, 15) is 0 Å². The Morgan fingerprint density at radius 3 is 2.77 bits per heavy atom. The van der Waals surface area contributed by atoms with E-state index in [-0.39, 0.29) is 34.8 Å². The fourth-order valence-electron chi connectivity index (χ4n) is 4.02. The van der Waals surface area contributed by atoms with Gasteiger partial charge in [-0.25, -0.2) is 4.98 Å². The topological polar surface area (TPSA) is 58.5 Å². The highest BCUT2D eigenvalue weighted by molar-refractivity contribution is 14.0. The van der Waals surface area contributed by atoms with E-state index in [0.29, 0.717) is 18.1 Å². The standard InChI is InChI=1S/C19H32N4OS.HI/c1-18(2,3)13-11-25-14(22-13)7-9-21-17(20-6)23-15-12-8-10-24-16(12)19(15,4)5;/h11-12,15-16H,7-10H2,1-6H3,(H2,20,21,23);1H. The number of aromatic nitrogens is 1. The van der Waals surface area contributed by atoms with Crippen molar-refractivity contribution in [3.63, 3.8) is 0 Å². The molecule has 2 heterocycles. The van der Waals surface area contributed by atoms with Crippen molar-refractivity contribution < 1.29 is 4.74 Å². The molecule has 1 saturated heterocycles. The minimum Gasteiger partial charge on any atom is -0.377 e. The van der Waals surface area contributed by atoms with E-state index in [1.165, 1.54) is 10.7 Å². The second-order valence-corrected chi connectivity index (χ2v) is 9.76. The molecule has 3 atom stereocenters. The van der Waals surface area contributed by atoms with Crippen molar-refractivity contribution in [2.45, 2.75) is 65.0 Å². The predicted molar refractivity (Wildman–Crippen MR) is 120 cm³/mol. The summed E-state index contributed by atoms with van der Waals surface area (Å²) in [6, 6.07) is 0.429. The van der Waals surface area contributed by atoms with E-state index in [1.807, 2.05) is 7.05 Å². The molecule has 148 valence electrons. The molecule has 2 fully saturated rings. The van der Waals surface area contributed by atoms with Gasteiger partial charge in [0.1, 0.15) is 0 Å².